The summed E-state index contributed by atoms with van der Waals surface area (Å²) in [6, 6.07) is 9.64. The topological polar surface area (TPSA) is 46.6 Å². The molecule has 2 unspecified atom stereocenters. The summed E-state index contributed by atoms with van der Waals surface area (Å²) >= 11 is 0. The van der Waals surface area contributed by atoms with E-state index in [1.54, 1.807) is 4.90 Å². The van der Waals surface area contributed by atoms with Crippen LogP contribution in [0.5, 0.6) is 0 Å². The lowest BCUT2D eigenvalue weighted by Crippen LogP contribution is -2.29. The Morgan fingerprint density at radius 3 is 2.89 bits per heavy atom. The van der Waals surface area contributed by atoms with Gasteiger partial charge in [-0.15, -0.1) is 0 Å². The highest BCUT2D eigenvalue weighted by Gasteiger charge is 2.58. The molecular weight excluding hydrogens is 242 g/mol. The van der Waals surface area contributed by atoms with Crippen LogP contribution in [0, 0.1) is 11.3 Å². The molecule has 4 heteroatoms. The number of benzene rings is 1. The number of hydrogen-bond donors (Lipinski definition) is 0. The van der Waals surface area contributed by atoms with Crippen molar-refractivity contribution in [1.29, 1.82) is 0 Å². The summed E-state index contributed by atoms with van der Waals surface area (Å²) in [4.78, 5) is 24.5. The standard InChI is InChI=1S/C15H17NO3/c17-9-13-8-15(13)6-7-16(11-15)14(18)19-10-12-4-2-1-3-5-12/h1-5,9,13H,6-8,10-11H2. The van der Waals surface area contributed by atoms with E-state index in [4.69, 9.17) is 4.74 Å². The Labute approximate surface area is 112 Å². The van der Waals surface area contributed by atoms with Gasteiger partial charge < -0.3 is 14.4 Å². The molecule has 19 heavy (non-hydrogen) atoms. The van der Waals surface area contributed by atoms with Gasteiger partial charge in [0.1, 0.15) is 12.9 Å². The summed E-state index contributed by atoms with van der Waals surface area (Å²) in [5.74, 6) is 0.152. The van der Waals surface area contributed by atoms with Crippen LogP contribution in [0.25, 0.3) is 0 Å². The second-order valence-corrected chi connectivity index (χ2v) is 5.52. The van der Waals surface area contributed by atoms with Crippen LogP contribution >= 0.6 is 0 Å². The molecular formula is C15H17NO3. The van der Waals surface area contributed by atoms with Gasteiger partial charge in [-0.1, -0.05) is 30.3 Å². The van der Waals surface area contributed by atoms with E-state index < -0.39 is 0 Å². The van der Waals surface area contributed by atoms with Gasteiger partial charge in [0.05, 0.1) is 0 Å². The molecule has 0 aromatic heterocycles. The van der Waals surface area contributed by atoms with E-state index >= 15 is 0 Å². The SMILES string of the molecule is O=CC1CC12CCN(C(=O)OCc1ccccc1)C2. The van der Waals surface area contributed by atoms with Gasteiger partial charge in [0, 0.05) is 19.0 Å². The van der Waals surface area contributed by atoms with Crippen molar-refractivity contribution >= 4 is 12.4 Å². The molecule has 1 saturated heterocycles. The minimum absolute atomic E-state index is 0.0769. The van der Waals surface area contributed by atoms with E-state index in [2.05, 4.69) is 0 Å². The smallest absolute Gasteiger partial charge is 0.410 e. The Morgan fingerprint density at radius 2 is 2.21 bits per heavy atom. The van der Waals surface area contributed by atoms with Gasteiger partial charge in [-0.2, -0.15) is 0 Å². The Hall–Kier alpha value is -1.84. The number of rotatable bonds is 3. The molecule has 3 rings (SSSR count). The van der Waals surface area contributed by atoms with Crippen molar-refractivity contribution in [3.63, 3.8) is 0 Å². The van der Waals surface area contributed by atoms with E-state index in [0.717, 1.165) is 24.7 Å². The van der Waals surface area contributed by atoms with Crippen molar-refractivity contribution < 1.29 is 14.3 Å². The number of amides is 1. The largest absolute Gasteiger partial charge is 0.445 e. The number of carbonyl (C=O) groups excluding carboxylic acids is 2. The molecule has 2 aliphatic rings. The summed E-state index contributed by atoms with van der Waals surface area (Å²) in [6.45, 7) is 1.68. The Kier molecular flexibility index (Phi) is 3.01. The first-order valence-corrected chi connectivity index (χ1v) is 6.64. The predicted octanol–water partition coefficient (Wildman–Crippen LogP) is 2.23. The van der Waals surface area contributed by atoms with Gasteiger partial charge in [-0.3, -0.25) is 0 Å². The molecule has 1 aromatic rings. The van der Waals surface area contributed by atoms with Crippen LogP contribution in [0.1, 0.15) is 18.4 Å². The van der Waals surface area contributed by atoms with Crippen molar-refractivity contribution in [3.8, 4) is 0 Å². The maximum atomic E-state index is 11.9. The molecule has 1 saturated carbocycles. The van der Waals surface area contributed by atoms with Crippen LogP contribution in [0.3, 0.4) is 0 Å². The summed E-state index contributed by atoms with van der Waals surface area (Å²) in [5, 5.41) is 0. The maximum absolute atomic E-state index is 11.9. The third kappa shape index (κ3) is 2.35. The minimum atomic E-state index is -0.266. The molecule has 4 nitrogen and oxygen atoms in total. The highest BCUT2D eigenvalue weighted by Crippen LogP contribution is 2.57. The van der Waals surface area contributed by atoms with Crippen molar-refractivity contribution in [2.75, 3.05) is 13.1 Å². The molecule has 1 heterocycles. The zero-order valence-electron chi connectivity index (χ0n) is 10.7. The molecule has 0 radical (unpaired) electrons. The van der Waals surface area contributed by atoms with Gasteiger partial charge in [0.2, 0.25) is 0 Å². The van der Waals surface area contributed by atoms with E-state index in [9.17, 15) is 9.59 Å². The Bertz CT molecular complexity index is 487. The second-order valence-electron chi connectivity index (χ2n) is 5.52. The van der Waals surface area contributed by atoms with Crippen LogP contribution in [-0.4, -0.2) is 30.4 Å². The molecule has 2 atom stereocenters. The van der Waals surface area contributed by atoms with E-state index in [-0.39, 0.29) is 17.4 Å². The molecule has 2 fully saturated rings. The second kappa shape index (κ2) is 4.68. The molecule has 1 amide bonds. The summed E-state index contributed by atoms with van der Waals surface area (Å²) in [7, 11) is 0. The van der Waals surface area contributed by atoms with Crippen molar-refractivity contribution in [3.05, 3.63) is 35.9 Å². The van der Waals surface area contributed by atoms with Crippen LogP contribution in [0.2, 0.25) is 0 Å². The minimum Gasteiger partial charge on any atom is -0.445 e. The molecule has 1 spiro atoms. The molecule has 1 aromatic carbocycles. The maximum Gasteiger partial charge on any atom is 0.410 e. The zero-order chi connectivity index (χ0) is 13.3. The third-order valence-electron chi connectivity index (χ3n) is 4.27. The lowest BCUT2D eigenvalue weighted by atomic mass is 10.0. The fourth-order valence-corrected chi connectivity index (χ4v) is 2.90. The molecule has 100 valence electrons. The average Bonchev–Trinajstić information content (AvgIpc) is 2.96. The van der Waals surface area contributed by atoms with Gasteiger partial charge in [0.25, 0.3) is 0 Å². The fraction of sp³-hybridized carbons (Fsp3) is 0.467. The normalized spacial score (nSPS) is 28.4. The molecule has 1 aliphatic heterocycles. The lowest BCUT2D eigenvalue weighted by Gasteiger charge is -2.16. The van der Waals surface area contributed by atoms with Gasteiger partial charge in [-0.05, 0) is 23.8 Å². The Morgan fingerprint density at radius 1 is 1.42 bits per heavy atom. The highest BCUT2D eigenvalue weighted by atomic mass is 16.6. The molecule has 0 N–H and O–H groups in total. The summed E-state index contributed by atoms with van der Waals surface area (Å²) < 4.78 is 5.30. The number of hydrogen-bond acceptors (Lipinski definition) is 3. The first-order chi connectivity index (χ1) is 9.23. The van der Waals surface area contributed by atoms with Crippen molar-refractivity contribution in [2.24, 2.45) is 11.3 Å². The summed E-state index contributed by atoms with van der Waals surface area (Å²) in [6.07, 6.45) is 2.62. The number of carbonyl (C=O) groups is 2. The van der Waals surface area contributed by atoms with Gasteiger partial charge in [-0.25, -0.2) is 4.79 Å². The van der Waals surface area contributed by atoms with Crippen molar-refractivity contribution in [1.82, 2.24) is 4.90 Å². The fourth-order valence-electron chi connectivity index (χ4n) is 2.90. The van der Waals surface area contributed by atoms with Crippen LogP contribution in [0.15, 0.2) is 30.3 Å². The third-order valence-corrected chi connectivity index (χ3v) is 4.27. The summed E-state index contributed by atoms with van der Waals surface area (Å²) in [5.41, 5.74) is 1.06. The molecule has 0 bridgehead atoms. The van der Waals surface area contributed by atoms with Crippen molar-refractivity contribution in [2.45, 2.75) is 19.4 Å². The van der Waals surface area contributed by atoms with Crippen LogP contribution < -0.4 is 0 Å². The van der Waals surface area contributed by atoms with Gasteiger partial charge in [0.15, 0.2) is 0 Å². The average molecular weight is 259 g/mol. The lowest BCUT2D eigenvalue weighted by molar-refractivity contribution is -0.109. The number of ether oxygens (including phenoxy) is 1. The van der Waals surface area contributed by atoms with Crippen LogP contribution in [0.4, 0.5) is 4.79 Å². The first kappa shape index (κ1) is 12.2. The van der Waals surface area contributed by atoms with E-state index in [1.807, 2.05) is 30.3 Å². The Balaban J connectivity index is 1.51. The van der Waals surface area contributed by atoms with Gasteiger partial charge >= 0.3 is 6.09 Å². The highest BCUT2D eigenvalue weighted by molar-refractivity contribution is 5.69. The monoisotopic (exact) mass is 259 g/mol. The number of likely N-dealkylation sites (tertiary alicyclic amines) is 1. The van der Waals surface area contributed by atoms with Crippen LogP contribution in [-0.2, 0) is 16.1 Å². The predicted molar refractivity (Wildman–Crippen MR) is 69.4 cm³/mol. The molecule has 1 aliphatic carbocycles. The number of nitrogens with zero attached hydrogens (tertiary/aromatic N) is 1. The van der Waals surface area contributed by atoms with E-state index in [1.165, 1.54) is 0 Å². The quantitative estimate of drug-likeness (QED) is 0.782. The number of aldehydes is 1. The zero-order valence-corrected chi connectivity index (χ0v) is 10.7. The first-order valence-electron chi connectivity index (χ1n) is 6.64. The van der Waals surface area contributed by atoms with E-state index in [0.29, 0.717) is 19.7 Å².